The molecule has 1 amide bonds. The fraction of sp³-hybridized carbons (Fsp3) is 0.500. The van der Waals surface area contributed by atoms with E-state index >= 15 is 0 Å². The number of fused-ring (bicyclic) bond motifs is 4. The van der Waals surface area contributed by atoms with Crippen molar-refractivity contribution in [2.24, 2.45) is 0 Å². The van der Waals surface area contributed by atoms with Crippen LogP contribution in [0.25, 0.3) is 5.65 Å². The molecule has 9 heteroatoms. The highest BCUT2D eigenvalue weighted by Crippen LogP contribution is 2.35. The molecule has 3 aliphatic rings. The van der Waals surface area contributed by atoms with Crippen LogP contribution in [0.2, 0.25) is 0 Å². The average Bonchev–Trinajstić information content (AvgIpc) is 3.26. The van der Waals surface area contributed by atoms with Crippen molar-refractivity contribution in [3.05, 3.63) is 47.4 Å². The zero-order chi connectivity index (χ0) is 23.9. The summed E-state index contributed by atoms with van der Waals surface area (Å²) >= 11 is 0. The zero-order valence-electron chi connectivity index (χ0n) is 20.1. The summed E-state index contributed by atoms with van der Waals surface area (Å²) in [6.45, 7) is 3.95. The van der Waals surface area contributed by atoms with E-state index in [0.29, 0.717) is 18.9 Å². The number of amides is 1. The number of piperidine rings is 1. The first-order valence-corrected chi connectivity index (χ1v) is 12.7. The Hall–Kier alpha value is -3.36. The lowest BCUT2D eigenvalue weighted by molar-refractivity contribution is 0.0601. The standard InChI is InChI=1S/C26H31FN6O2/c1-30-10-4-5-14-35-22-9-8-18(27)15-19(22)26(34)32-13-3-2-7-21(32)20-16-24-28-23(31-11-6-12-31)17-25(30)33(24)29-20/h8-9,15-17,21H,2-7,10-14H2,1H3/t21-/m0/s1. The van der Waals surface area contributed by atoms with Crippen molar-refractivity contribution in [1.29, 1.82) is 0 Å². The summed E-state index contributed by atoms with van der Waals surface area (Å²) in [6.07, 6.45) is 5.64. The lowest BCUT2D eigenvalue weighted by Gasteiger charge is -2.35. The molecule has 0 spiro atoms. The summed E-state index contributed by atoms with van der Waals surface area (Å²) in [4.78, 5) is 25.0. The Morgan fingerprint density at radius 3 is 2.69 bits per heavy atom. The van der Waals surface area contributed by atoms with Crippen molar-refractivity contribution < 1.29 is 13.9 Å². The van der Waals surface area contributed by atoms with E-state index in [9.17, 15) is 9.18 Å². The predicted molar refractivity (Wildman–Crippen MR) is 132 cm³/mol. The Kier molecular flexibility index (Phi) is 5.70. The van der Waals surface area contributed by atoms with Crippen LogP contribution >= 0.6 is 0 Å². The predicted octanol–water partition coefficient (Wildman–Crippen LogP) is 4.05. The van der Waals surface area contributed by atoms with E-state index in [4.69, 9.17) is 14.8 Å². The van der Waals surface area contributed by atoms with Crippen LogP contribution in [0.3, 0.4) is 0 Å². The minimum Gasteiger partial charge on any atom is -0.493 e. The summed E-state index contributed by atoms with van der Waals surface area (Å²) in [6, 6.07) is 8.18. The molecule has 5 heterocycles. The van der Waals surface area contributed by atoms with E-state index in [-0.39, 0.29) is 17.5 Å². The molecule has 0 N–H and O–H groups in total. The van der Waals surface area contributed by atoms with Crippen LogP contribution in [0.5, 0.6) is 5.75 Å². The monoisotopic (exact) mass is 478 g/mol. The SMILES string of the molecule is CN1CCCCOc2ccc(F)cc2C(=O)N2CCCC[C@H]2c2cc3nc(N4CCC4)cc1n3n2. The molecule has 1 atom stereocenters. The lowest BCUT2D eigenvalue weighted by Crippen LogP contribution is -2.39. The van der Waals surface area contributed by atoms with Gasteiger partial charge in [-0.3, -0.25) is 4.79 Å². The van der Waals surface area contributed by atoms with Crippen molar-refractivity contribution >= 4 is 23.2 Å². The van der Waals surface area contributed by atoms with E-state index in [0.717, 1.165) is 74.7 Å². The molecule has 2 aromatic heterocycles. The van der Waals surface area contributed by atoms with Gasteiger partial charge in [0, 0.05) is 45.4 Å². The Morgan fingerprint density at radius 2 is 1.86 bits per heavy atom. The molecular formula is C26H31FN6O2. The van der Waals surface area contributed by atoms with Crippen molar-refractivity contribution in [2.45, 2.75) is 44.6 Å². The highest BCUT2D eigenvalue weighted by molar-refractivity contribution is 5.97. The first kappa shape index (κ1) is 22.1. The number of hydrogen-bond donors (Lipinski definition) is 0. The lowest BCUT2D eigenvalue weighted by atomic mass is 9.98. The molecule has 0 saturated carbocycles. The molecule has 3 aliphatic heterocycles. The Labute approximate surface area is 204 Å². The largest absolute Gasteiger partial charge is 0.493 e. The number of halogens is 1. The maximum absolute atomic E-state index is 14.2. The summed E-state index contributed by atoms with van der Waals surface area (Å²) in [5.74, 6) is 1.78. The molecule has 2 fully saturated rings. The minimum absolute atomic E-state index is 0.190. The van der Waals surface area contributed by atoms with Gasteiger partial charge in [-0.25, -0.2) is 9.37 Å². The maximum atomic E-state index is 14.2. The van der Waals surface area contributed by atoms with Gasteiger partial charge in [0.1, 0.15) is 23.2 Å². The maximum Gasteiger partial charge on any atom is 0.258 e. The van der Waals surface area contributed by atoms with Gasteiger partial charge in [-0.15, -0.1) is 0 Å². The Morgan fingerprint density at radius 1 is 1.00 bits per heavy atom. The van der Waals surface area contributed by atoms with Gasteiger partial charge in [-0.1, -0.05) is 0 Å². The molecule has 35 heavy (non-hydrogen) atoms. The smallest absolute Gasteiger partial charge is 0.258 e. The summed E-state index contributed by atoms with van der Waals surface area (Å²) in [7, 11) is 2.09. The van der Waals surface area contributed by atoms with Crippen LogP contribution in [0.4, 0.5) is 16.0 Å². The van der Waals surface area contributed by atoms with Crippen LogP contribution in [-0.2, 0) is 0 Å². The fourth-order valence-corrected chi connectivity index (χ4v) is 5.29. The van der Waals surface area contributed by atoms with Crippen LogP contribution in [-0.4, -0.2) is 65.2 Å². The van der Waals surface area contributed by atoms with E-state index in [1.165, 1.54) is 18.6 Å². The molecule has 2 bridgehead atoms. The van der Waals surface area contributed by atoms with Crippen molar-refractivity contribution in [1.82, 2.24) is 19.5 Å². The first-order chi connectivity index (χ1) is 17.1. The van der Waals surface area contributed by atoms with Crippen molar-refractivity contribution in [2.75, 3.05) is 49.6 Å². The number of ether oxygens (including phenoxy) is 1. The summed E-state index contributed by atoms with van der Waals surface area (Å²) in [5.41, 5.74) is 1.91. The number of hydrogen-bond acceptors (Lipinski definition) is 6. The second-order valence-electron chi connectivity index (χ2n) is 9.78. The van der Waals surface area contributed by atoms with Gasteiger partial charge in [0.05, 0.1) is 23.9 Å². The quantitative estimate of drug-likeness (QED) is 0.526. The third-order valence-electron chi connectivity index (χ3n) is 7.41. The molecule has 8 nitrogen and oxygen atoms in total. The average molecular weight is 479 g/mol. The zero-order valence-corrected chi connectivity index (χ0v) is 20.1. The van der Waals surface area contributed by atoms with E-state index in [1.807, 2.05) is 15.5 Å². The van der Waals surface area contributed by atoms with E-state index in [1.54, 1.807) is 6.07 Å². The van der Waals surface area contributed by atoms with Gasteiger partial charge in [0.25, 0.3) is 5.91 Å². The van der Waals surface area contributed by atoms with Gasteiger partial charge in [0.15, 0.2) is 5.65 Å². The van der Waals surface area contributed by atoms with Crippen LogP contribution < -0.4 is 14.5 Å². The van der Waals surface area contributed by atoms with Gasteiger partial charge in [-0.05, 0) is 56.7 Å². The van der Waals surface area contributed by atoms with Crippen LogP contribution in [0, 0.1) is 5.82 Å². The topological polar surface area (TPSA) is 66.2 Å². The third-order valence-corrected chi connectivity index (χ3v) is 7.41. The van der Waals surface area contributed by atoms with Crippen LogP contribution in [0.15, 0.2) is 30.3 Å². The Balaban J connectivity index is 1.47. The fourth-order valence-electron chi connectivity index (χ4n) is 5.29. The summed E-state index contributed by atoms with van der Waals surface area (Å²) < 4.78 is 22.1. The molecule has 6 rings (SSSR count). The van der Waals surface area contributed by atoms with Crippen molar-refractivity contribution in [3.8, 4) is 5.75 Å². The number of anilines is 2. The number of carbonyl (C=O) groups is 1. The normalized spacial score (nSPS) is 21.1. The van der Waals surface area contributed by atoms with E-state index in [2.05, 4.69) is 22.9 Å². The summed E-state index contributed by atoms with van der Waals surface area (Å²) in [5, 5.41) is 4.99. The Bertz CT molecular complexity index is 1260. The number of carbonyl (C=O) groups excluding carboxylic acids is 1. The van der Waals surface area contributed by atoms with Gasteiger partial charge in [0.2, 0.25) is 0 Å². The number of rotatable bonds is 1. The molecule has 0 radical (unpaired) electrons. The molecule has 3 aromatic rings. The number of aromatic nitrogens is 3. The van der Waals surface area contributed by atoms with Crippen LogP contribution in [0.1, 0.15) is 60.6 Å². The van der Waals surface area contributed by atoms with Gasteiger partial charge >= 0.3 is 0 Å². The van der Waals surface area contributed by atoms with Gasteiger partial charge in [-0.2, -0.15) is 9.61 Å². The number of nitrogens with zero attached hydrogens (tertiary/aromatic N) is 6. The molecule has 1 aromatic carbocycles. The molecule has 2 saturated heterocycles. The highest BCUT2D eigenvalue weighted by Gasteiger charge is 2.33. The minimum atomic E-state index is -0.436. The first-order valence-electron chi connectivity index (χ1n) is 12.7. The molecule has 0 aliphatic carbocycles. The van der Waals surface area contributed by atoms with E-state index < -0.39 is 5.82 Å². The highest BCUT2D eigenvalue weighted by atomic mass is 19.1. The second kappa shape index (κ2) is 9.02. The number of benzene rings is 1. The molecule has 184 valence electrons. The second-order valence-corrected chi connectivity index (χ2v) is 9.78. The van der Waals surface area contributed by atoms with Gasteiger partial charge < -0.3 is 19.4 Å². The molecular weight excluding hydrogens is 447 g/mol. The van der Waals surface area contributed by atoms with Crippen molar-refractivity contribution in [3.63, 3.8) is 0 Å². The third kappa shape index (κ3) is 4.06. The molecule has 0 unspecified atom stereocenters.